The Kier molecular flexibility index (Phi) is 6.00. The average Bonchev–Trinajstić information content (AvgIpc) is 2.72. The van der Waals surface area contributed by atoms with E-state index in [1.165, 1.54) is 6.07 Å². The van der Waals surface area contributed by atoms with E-state index in [0.29, 0.717) is 37.6 Å². The number of nitrogens with zero attached hydrogens (tertiary/aromatic N) is 2. The average molecular weight is 371 g/mol. The normalized spacial score (nSPS) is 15.2. The number of nitrogens with one attached hydrogen (secondary N) is 1. The van der Waals surface area contributed by atoms with E-state index in [2.05, 4.69) is 5.32 Å². The Morgan fingerprint density at radius 3 is 2.59 bits per heavy atom. The highest BCUT2D eigenvalue weighted by atomic mass is 16.6. The van der Waals surface area contributed by atoms with Crippen molar-refractivity contribution in [3.63, 3.8) is 0 Å². The summed E-state index contributed by atoms with van der Waals surface area (Å²) < 4.78 is 5.27. The molecule has 2 N–H and O–H groups in total. The zero-order valence-electron chi connectivity index (χ0n) is 14.7. The molecule has 1 saturated heterocycles. The van der Waals surface area contributed by atoms with E-state index in [0.717, 1.165) is 0 Å². The summed E-state index contributed by atoms with van der Waals surface area (Å²) in [7, 11) is 0. The molecule has 2 aromatic rings. The molecule has 142 valence electrons. The van der Waals surface area contributed by atoms with Gasteiger partial charge >= 0.3 is 0 Å². The van der Waals surface area contributed by atoms with E-state index in [-0.39, 0.29) is 17.8 Å². The zero-order chi connectivity index (χ0) is 19.2. The molecule has 0 aromatic heterocycles. The molecule has 1 fully saturated rings. The predicted molar refractivity (Wildman–Crippen MR) is 99.9 cm³/mol. The Labute approximate surface area is 156 Å². The highest BCUT2D eigenvalue weighted by Crippen LogP contribution is 2.30. The van der Waals surface area contributed by atoms with Crippen molar-refractivity contribution in [1.82, 2.24) is 5.32 Å². The number of morpholine rings is 1. The van der Waals surface area contributed by atoms with Crippen LogP contribution in [0.1, 0.15) is 22.0 Å². The zero-order valence-corrected chi connectivity index (χ0v) is 14.7. The summed E-state index contributed by atoms with van der Waals surface area (Å²) in [5, 5.41) is 24.2. The number of nitro groups is 1. The molecule has 1 heterocycles. The number of anilines is 1. The Morgan fingerprint density at radius 1 is 1.22 bits per heavy atom. The van der Waals surface area contributed by atoms with Crippen LogP contribution < -0.4 is 10.2 Å². The van der Waals surface area contributed by atoms with E-state index >= 15 is 0 Å². The van der Waals surface area contributed by atoms with Crippen molar-refractivity contribution in [2.75, 3.05) is 37.7 Å². The minimum atomic E-state index is -0.849. The second-order valence-electron chi connectivity index (χ2n) is 6.20. The third-order valence-electron chi connectivity index (χ3n) is 4.43. The fourth-order valence-electron chi connectivity index (χ4n) is 2.97. The summed E-state index contributed by atoms with van der Waals surface area (Å²) in [5.41, 5.74) is 1.22. The Hall–Kier alpha value is -2.97. The van der Waals surface area contributed by atoms with Crippen LogP contribution in [0.3, 0.4) is 0 Å². The molecular weight excluding hydrogens is 350 g/mol. The highest BCUT2D eigenvalue weighted by Gasteiger charge is 2.23. The molecule has 0 spiro atoms. The summed E-state index contributed by atoms with van der Waals surface area (Å²) in [5.74, 6) is -0.471. The second-order valence-corrected chi connectivity index (χ2v) is 6.20. The molecule has 3 rings (SSSR count). The third kappa shape index (κ3) is 4.60. The van der Waals surface area contributed by atoms with Crippen molar-refractivity contribution in [3.8, 4) is 0 Å². The lowest BCUT2D eigenvalue weighted by Crippen LogP contribution is -2.36. The lowest BCUT2D eigenvalue weighted by molar-refractivity contribution is -0.384. The number of nitro benzene ring substituents is 1. The van der Waals surface area contributed by atoms with E-state index in [9.17, 15) is 20.0 Å². The van der Waals surface area contributed by atoms with Gasteiger partial charge in [-0.05, 0) is 17.7 Å². The van der Waals surface area contributed by atoms with Gasteiger partial charge in [-0.15, -0.1) is 0 Å². The number of hydrogen-bond donors (Lipinski definition) is 2. The van der Waals surface area contributed by atoms with Gasteiger partial charge in [-0.1, -0.05) is 30.3 Å². The number of amides is 1. The van der Waals surface area contributed by atoms with Crippen molar-refractivity contribution < 1.29 is 19.6 Å². The fourth-order valence-corrected chi connectivity index (χ4v) is 2.97. The van der Waals surface area contributed by atoms with Gasteiger partial charge in [0.25, 0.3) is 11.6 Å². The molecule has 8 nitrogen and oxygen atoms in total. The molecule has 0 saturated carbocycles. The Balaban J connectivity index is 1.71. The highest BCUT2D eigenvalue weighted by molar-refractivity contribution is 5.95. The fraction of sp³-hybridized carbons (Fsp3) is 0.316. The lowest BCUT2D eigenvalue weighted by atomic mass is 10.1. The van der Waals surface area contributed by atoms with E-state index in [4.69, 9.17) is 4.74 Å². The monoisotopic (exact) mass is 371 g/mol. The quantitative estimate of drug-likeness (QED) is 0.593. The maximum atomic E-state index is 12.4. The SMILES string of the molecule is O=C(NC[C@@H](O)c1ccccc1)c1ccc(N2CCOCC2)c([N+](=O)[O-])c1. The molecular formula is C19H21N3O5. The second kappa shape index (κ2) is 8.61. The first-order valence-electron chi connectivity index (χ1n) is 8.68. The van der Waals surface area contributed by atoms with Gasteiger partial charge in [0, 0.05) is 31.3 Å². The van der Waals surface area contributed by atoms with E-state index in [1.807, 2.05) is 11.0 Å². The van der Waals surface area contributed by atoms with Gasteiger partial charge in [0.05, 0.1) is 24.2 Å². The van der Waals surface area contributed by atoms with Crippen LogP contribution in [0, 0.1) is 10.1 Å². The number of rotatable bonds is 6. The van der Waals surface area contributed by atoms with Crippen LogP contribution in [0.15, 0.2) is 48.5 Å². The summed E-state index contributed by atoms with van der Waals surface area (Å²) in [6.45, 7) is 2.17. The minimum Gasteiger partial charge on any atom is -0.387 e. The molecule has 1 aliphatic rings. The van der Waals surface area contributed by atoms with E-state index < -0.39 is 16.9 Å². The Bertz CT molecular complexity index is 806. The molecule has 0 aliphatic carbocycles. The van der Waals surface area contributed by atoms with Crippen molar-refractivity contribution in [1.29, 1.82) is 0 Å². The van der Waals surface area contributed by atoms with Crippen molar-refractivity contribution in [3.05, 3.63) is 69.8 Å². The lowest BCUT2D eigenvalue weighted by Gasteiger charge is -2.28. The summed E-state index contributed by atoms with van der Waals surface area (Å²) >= 11 is 0. The molecule has 0 bridgehead atoms. The first kappa shape index (κ1) is 18.8. The maximum Gasteiger partial charge on any atom is 0.293 e. The third-order valence-corrected chi connectivity index (χ3v) is 4.43. The van der Waals surface area contributed by atoms with Crippen molar-refractivity contribution >= 4 is 17.3 Å². The molecule has 0 unspecified atom stereocenters. The first-order chi connectivity index (χ1) is 13.1. The van der Waals surface area contributed by atoms with Crippen LogP contribution >= 0.6 is 0 Å². The molecule has 1 atom stereocenters. The molecule has 0 radical (unpaired) electrons. The Morgan fingerprint density at radius 2 is 1.93 bits per heavy atom. The largest absolute Gasteiger partial charge is 0.387 e. The summed E-state index contributed by atoms with van der Waals surface area (Å²) in [6, 6.07) is 13.4. The standard InChI is InChI=1S/C19H21N3O5/c23-18(14-4-2-1-3-5-14)13-20-19(24)15-6-7-16(17(12-15)22(25)26)21-8-10-27-11-9-21/h1-7,12,18,23H,8-11,13H2,(H,20,24)/t18-/m1/s1. The van der Waals surface area contributed by atoms with E-state index in [1.54, 1.807) is 36.4 Å². The van der Waals surface area contributed by atoms with Gasteiger partial charge in [-0.2, -0.15) is 0 Å². The minimum absolute atomic E-state index is 0.0157. The number of ether oxygens (including phenoxy) is 1. The summed E-state index contributed by atoms with van der Waals surface area (Å²) in [4.78, 5) is 25.2. The summed E-state index contributed by atoms with van der Waals surface area (Å²) in [6.07, 6.45) is -0.849. The number of carbonyl (C=O) groups excluding carboxylic acids is 1. The van der Waals surface area contributed by atoms with Crippen LogP contribution in [0.2, 0.25) is 0 Å². The van der Waals surface area contributed by atoms with Gasteiger partial charge in [0.1, 0.15) is 5.69 Å². The molecule has 8 heteroatoms. The van der Waals surface area contributed by atoms with Gasteiger partial charge in [0.2, 0.25) is 0 Å². The molecule has 27 heavy (non-hydrogen) atoms. The van der Waals surface area contributed by atoms with Crippen molar-refractivity contribution in [2.45, 2.75) is 6.10 Å². The van der Waals surface area contributed by atoms with Gasteiger partial charge < -0.3 is 20.1 Å². The maximum absolute atomic E-state index is 12.4. The smallest absolute Gasteiger partial charge is 0.293 e. The predicted octanol–water partition coefficient (Wildman–Crippen LogP) is 1.89. The van der Waals surface area contributed by atoms with Gasteiger partial charge in [0.15, 0.2) is 0 Å². The number of carbonyl (C=O) groups is 1. The van der Waals surface area contributed by atoms with Gasteiger partial charge in [-0.3, -0.25) is 14.9 Å². The number of benzene rings is 2. The number of hydrogen-bond acceptors (Lipinski definition) is 6. The van der Waals surface area contributed by atoms with Crippen LogP contribution in [0.4, 0.5) is 11.4 Å². The number of aliphatic hydroxyl groups excluding tert-OH is 1. The van der Waals surface area contributed by atoms with Crippen LogP contribution in [-0.2, 0) is 4.74 Å². The topological polar surface area (TPSA) is 105 Å². The van der Waals surface area contributed by atoms with Crippen molar-refractivity contribution in [2.24, 2.45) is 0 Å². The molecule has 2 aromatic carbocycles. The molecule has 1 amide bonds. The number of aliphatic hydroxyl groups is 1. The van der Waals surface area contributed by atoms with Crippen LogP contribution in [-0.4, -0.2) is 48.8 Å². The molecule has 1 aliphatic heterocycles. The first-order valence-corrected chi connectivity index (χ1v) is 8.68. The van der Waals surface area contributed by atoms with Gasteiger partial charge in [-0.25, -0.2) is 0 Å². The van der Waals surface area contributed by atoms with Crippen LogP contribution in [0.5, 0.6) is 0 Å². The van der Waals surface area contributed by atoms with Crippen LogP contribution in [0.25, 0.3) is 0 Å².